The molecule has 48 heavy (non-hydrogen) atoms. The Morgan fingerprint density at radius 2 is 0.938 bits per heavy atom. The molecule has 6 rings (SSSR count). The second-order valence-electron chi connectivity index (χ2n) is 14.8. The third kappa shape index (κ3) is 5.66. The molecule has 4 aromatic carbocycles. The average molecular weight is 859 g/mol. The van der Waals surface area contributed by atoms with Crippen molar-refractivity contribution >= 4 is 35.3 Å². The molecule has 0 amide bonds. The summed E-state index contributed by atoms with van der Waals surface area (Å²) in [6, 6.07) is 31.9. The van der Waals surface area contributed by atoms with Gasteiger partial charge in [0.1, 0.15) is 0 Å². The maximum atomic E-state index is 8.87. The first kappa shape index (κ1) is 35.8. The number of allylic oxidation sites excluding steroid dienone is 2. The molecule has 0 aliphatic heterocycles. The van der Waals surface area contributed by atoms with Crippen molar-refractivity contribution in [2.45, 2.75) is 87.7 Å². The third-order valence-corrected chi connectivity index (χ3v) is 84.7. The number of fused-ring (bicyclic) bond motifs is 2. The van der Waals surface area contributed by atoms with Crippen LogP contribution < -0.4 is 0 Å². The molecule has 0 radical (unpaired) electrons. The summed E-state index contributed by atoms with van der Waals surface area (Å²) in [5.41, 5.74) is 16.6. The standard InChI is InChI=1S/2C21H23.C2H7Si.2ClH.Hf/c2*1-4-15(3)18-13-17-10-8-12-20(21(17)14-18)19-11-7-6-9-16(19)5-2;1-3-2;;;/h2*6-15H,4-5H2,1-3H3;3H,1-2H3;2*1H;/q;;;;;+2/p-2. The molecule has 0 bridgehead atoms. The van der Waals surface area contributed by atoms with Gasteiger partial charge in [-0.3, -0.25) is 0 Å². The number of rotatable bonds is 11. The predicted molar refractivity (Wildman–Crippen MR) is 213 cm³/mol. The van der Waals surface area contributed by atoms with E-state index in [1.165, 1.54) is 66.8 Å². The summed E-state index contributed by atoms with van der Waals surface area (Å²) in [5, 5.41) is 0. The first-order valence-corrected chi connectivity index (χ1v) is 40.6. The molecule has 0 saturated heterocycles. The molecule has 0 saturated carbocycles. The molecule has 4 unspecified atom stereocenters. The molecule has 0 nitrogen and oxygen atoms in total. The van der Waals surface area contributed by atoms with E-state index in [-0.39, 0.29) is 7.35 Å². The minimum atomic E-state index is -5.09. The number of hydrogen-bond acceptors (Lipinski definition) is 0. The summed E-state index contributed by atoms with van der Waals surface area (Å²) >= 11 is -5.09. The fourth-order valence-electron chi connectivity index (χ4n) is 8.89. The van der Waals surface area contributed by atoms with Gasteiger partial charge >= 0.3 is 302 Å². The Morgan fingerprint density at radius 3 is 1.29 bits per heavy atom. The summed E-state index contributed by atoms with van der Waals surface area (Å²) in [6.45, 7) is 19.0. The van der Waals surface area contributed by atoms with Gasteiger partial charge in [-0.1, -0.05) is 0 Å². The van der Waals surface area contributed by atoms with Crippen LogP contribution in [0.5, 0.6) is 0 Å². The van der Waals surface area contributed by atoms with Crippen LogP contribution in [-0.2, 0) is 28.1 Å². The van der Waals surface area contributed by atoms with Gasteiger partial charge in [0, 0.05) is 0 Å². The molecule has 0 spiro atoms. The second kappa shape index (κ2) is 14.0. The first-order chi connectivity index (χ1) is 23.0. The Morgan fingerprint density at radius 1 is 0.562 bits per heavy atom. The van der Waals surface area contributed by atoms with Gasteiger partial charge < -0.3 is 0 Å². The normalized spacial score (nSPS) is 19.3. The van der Waals surface area contributed by atoms with Crippen LogP contribution in [0.4, 0.5) is 0 Å². The van der Waals surface area contributed by atoms with Gasteiger partial charge in [-0.05, 0) is 0 Å². The van der Waals surface area contributed by atoms with E-state index < -0.39 is 21.3 Å². The van der Waals surface area contributed by atoms with Crippen LogP contribution in [0, 0.1) is 11.8 Å². The molecule has 0 N–H and O–H groups in total. The molecule has 251 valence electrons. The van der Waals surface area contributed by atoms with Gasteiger partial charge in [0.2, 0.25) is 0 Å². The van der Waals surface area contributed by atoms with Gasteiger partial charge in [0.15, 0.2) is 0 Å². The van der Waals surface area contributed by atoms with Crippen LogP contribution in [0.2, 0.25) is 13.1 Å². The Hall–Kier alpha value is -1.97. The van der Waals surface area contributed by atoms with E-state index in [0.717, 1.165) is 25.7 Å². The van der Waals surface area contributed by atoms with Crippen LogP contribution in [0.1, 0.15) is 95.1 Å². The minimum absolute atomic E-state index is 0.102. The van der Waals surface area contributed by atoms with Crippen molar-refractivity contribution in [3.8, 4) is 22.3 Å². The Bertz CT molecular complexity index is 1770. The number of aryl methyl sites for hydroxylation is 2. The summed E-state index contributed by atoms with van der Waals surface area (Å²) in [5.74, 6) is -0.863. The van der Waals surface area contributed by atoms with E-state index in [4.69, 9.17) is 17.2 Å². The van der Waals surface area contributed by atoms with Crippen LogP contribution in [0.25, 0.3) is 34.4 Å². The Kier molecular flexibility index (Phi) is 10.4. The third-order valence-electron chi connectivity index (χ3n) is 12.1. The van der Waals surface area contributed by atoms with Crippen LogP contribution >= 0.6 is 17.2 Å². The molecular formula is C44H53Cl2HfSi. The maximum absolute atomic E-state index is 8.87. The fourth-order valence-corrected chi connectivity index (χ4v) is 53.2. The second-order valence-corrected chi connectivity index (χ2v) is 74.1. The molecular weight excluding hydrogens is 806 g/mol. The number of benzene rings is 4. The SMILES string of the molecule is CCc1ccccc1-c1cccc2c1C=C(C(C)CC)[CH]2[Hf]([Cl])([Cl])([CH]1C(C(C)CC)=Cc2c(-c3ccccc3CC)cccc21)[SiH](C)C. The van der Waals surface area contributed by atoms with Gasteiger partial charge in [0.05, 0.1) is 0 Å². The monoisotopic (exact) mass is 859 g/mol. The average Bonchev–Trinajstić information content (AvgIpc) is 3.72. The van der Waals surface area contributed by atoms with Crippen molar-refractivity contribution in [3.63, 3.8) is 0 Å². The summed E-state index contributed by atoms with van der Waals surface area (Å²) < 4.78 is 0.205. The zero-order chi connectivity index (χ0) is 34.4. The van der Waals surface area contributed by atoms with Crippen molar-refractivity contribution in [2.24, 2.45) is 11.8 Å². The van der Waals surface area contributed by atoms with E-state index >= 15 is 0 Å². The van der Waals surface area contributed by atoms with E-state index in [9.17, 15) is 0 Å². The van der Waals surface area contributed by atoms with Crippen molar-refractivity contribution in [1.82, 2.24) is 0 Å². The van der Waals surface area contributed by atoms with Crippen molar-refractivity contribution in [2.75, 3.05) is 0 Å². The topological polar surface area (TPSA) is 0 Å². The summed E-state index contributed by atoms with van der Waals surface area (Å²) in [7, 11) is 17.7. The Labute approximate surface area is 299 Å². The van der Waals surface area contributed by atoms with E-state index in [2.05, 4.69) is 152 Å². The molecule has 4 atom stereocenters. The molecule has 0 heterocycles. The number of halogens is 2. The van der Waals surface area contributed by atoms with E-state index in [1.807, 2.05) is 0 Å². The van der Waals surface area contributed by atoms with Crippen molar-refractivity contribution in [3.05, 3.63) is 129 Å². The zero-order valence-corrected chi connectivity index (χ0v) is 36.5. The number of hydrogen-bond donors (Lipinski definition) is 0. The van der Waals surface area contributed by atoms with E-state index in [0.29, 0.717) is 11.8 Å². The summed E-state index contributed by atoms with van der Waals surface area (Å²) in [4.78, 5) is 0. The van der Waals surface area contributed by atoms with Gasteiger partial charge in [0.25, 0.3) is 0 Å². The van der Waals surface area contributed by atoms with Gasteiger partial charge in [-0.15, -0.1) is 0 Å². The van der Waals surface area contributed by atoms with Crippen LogP contribution in [0.3, 0.4) is 0 Å². The molecule has 2 aliphatic carbocycles. The van der Waals surface area contributed by atoms with Gasteiger partial charge in [-0.25, -0.2) is 0 Å². The van der Waals surface area contributed by atoms with Crippen molar-refractivity contribution in [1.29, 1.82) is 0 Å². The predicted octanol–water partition coefficient (Wildman–Crippen LogP) is 13.8. The quantitative estimate of drug-likeness (QED) is 0.132. The van der Waals surface area contributed by atoms with Crippen LogP contribution in [-0.4, -0.2) is 5.98 Å². The first-order valence-electron chi connectivity index (χ1n) is 18.4. The molecule has 2 aliphatic rings. The van der Waals surface area contributed by atoms with E-state index in [1.54, 1.807) is 0 Å². The van der Waals surface area contributed by atoms with Crippen LogP contribution in [0.15, 0.2) is 96.1 Å². The van der Waals surface area contributed by atoms with Crippen molar-refractivity contribution < 1.29 is 15.3 Å². The fraction of sp³-hybridized carbons (Fsp3) is 0.364. The molecule has 0 aromatic heterocycles. The molecule has 4 aromatic rings. The van der Waals surface area contributed by atoms with Gasteiger partial charge in [-0.2, -0.15) is 0 Å². The zero-order valence-electron chi connectivity index (χ0n) is 30.2. The summed E-state index contributed by atoms with van der Waals surface area (Å²) in [6.07, 6.45) is 9.25. The molecule has 4 heteroatoms. The Balaban J connectivity index is 1.65. The molecule has 0 fully saturated rings.